The van der Waals surface area contributed by atoms with Crippen LogP contribution in [-0.2, 0) is 4.74 Å². The van der Waals surface area contributed by atoms with E-state index in [1.165, 1.54) is 19.1 Å². The molecule has 2 N–H and O–H groups in total. The summed E-state index contributed by atoms with van der Waals surface area (Å²) in [6.07, 6.45) is 2.46. The molecule has 3 rings (SSSR count). The monoisotopic (exact) mass is 353 g/mol. The highest BCUT2D eigenvalue weighted by atomic mass is 19.2. The summed E-state index contributed by atoms with van der Waals surface area (Å²) >= 11 is 0. The fraction of sp³-hybridized carbons (Fsp3) is 0.421. The topological polar surface area (TPSA) is 62.3 Å². The van der Waals surface area contributed by atoms with Crippen LogP contribution in [0.15, 0.2) is 35.1 Å². The molecule has 25 heavy (non-hydrogen) atoms. The molecule has 2 unspecified atom stereocenters. The number of hydrogen-bond acceptors (Lipinski definition) is 3. The molecule has 2 atom stereocenters. The van der Waals surface area contributed by atoms with Crippen molar-refractivity contribution < 1.29 is 18.6 Å². The SMILES string of the molecule is CO.Cc1cc(=O)cc(C2CCC(C)O2)[nH]1.Cc1cccc(F)c1F. The predicted octanol–water partition coefficient (Wildman–Crippen LogP) is 3.81. The van der Waals surface area contributed by atoms with Crippen molar-refractivity contribution in [3.63, 3.8) is 0 Å². The third-order valence-corrected chi connectivity index (χ3v) is 3.72. The molecule has 0 amide bonds. The van der Waals surface area contributed by atoms with E-state index in [4.69, 9.17) is 9.84 Å². The second-order valence-electron chi connectivity index (χ2n) is 5.84. The van der Waals surface area contributed by atoms with Crippen molar-refractivity contribution in [3.8, 4) is 0 Å². The Morgan fingerprint density at radius 3 is 2.32 bits per heavy atom. The number of aliphatic hydroxyl groups excluding tert-OH is 1. The standard InChI is InChI=1S/C11H15NO2.C7H6F2.CH4O/c1-7-5-9(13)6-10(12-7)11-4-3-8(2)14-11;1-5-3-2-4-6(8)7(5)9;1-2/h5-6,8,11H,3-4H2,1-2H3,(H,12,13);2-4H,1H3;2H,1H3. The molecule has 1 aromatic heterocycles. The van der Waals surface area contributed by atoms with Gasteiger partial charge in [-0.1, -0.05) is 12.1 Å². The van der Waals surface area contributed by atoms with E-state index in [1.54, 1.807) is 12.1 Å². The van der Waals surface area contributed by atoms with Crippen molar-refractivity contribution in [2.24, 2.45) is 0 Å². The lowest BCUT2D eigenvalue weighted by Crippen LogP contribution is -2.09. The second-order valence-corrected chi connectivity index (χ2v) is 5.84. The van der Waals surface area contributed by atoms with E-state index in [0.29, 0.717) is 11.7 Å². The number of H-pyrrole nitrogens is 1. The van der Waals surface area contributed by atoms with Crippen LogP contribution in [0.3, 0.4) is 0 Å². The number of aromatic nitrogens is 1. The Balaban J connectivity index is 0.000000246. The first-order valence-corrected chi connectivity index (χ1v) is 8.08. The number of pyridine rings is 1. The molecule has 1 aliphatic heterocycles. The van der Waals surface area contributed by atoms with Crippen molar-refractivity contribution in [2.75, 3.05) is 7.11 Å². The van der Waals surface area contributed by atoms with Crippen molar-refractivity contribution in [3.05, 3.63) is 69.1 Å². The number of aryl methyl sites for hydroxylation is 2. The zero-order valence-corrected chi connectivity index (χ0v) is 15.0. The largest absolute Gasteiger partial charge is 0.400 e. The molecule has 1 fully saturated rings. The van der Waals surface area contributed by atoms with E-state index in [9.17, 15) is 13.6 Å². The molecule has 2 aromatic rings. The maximum Gasteiger partial charge on any atom is 0.182 e. The molecule has 0 bridgehead atoms. The maximum atomic E-state index is 12.4. The van der Waals surface area contributed by atoms with Gasteiger partial charge in [0.25, 0.3) is 0 Å². The van der Waals surface area contributed by atoms with Gasteiger partial charge in [0.05, 0.1) is 12.2 Å². The van der Waals surface area contributed by atoms with Crippen LogP contribution in [0.25, 0.3) is 0 Å². The van der Waals surface area contributed by atoms with Crippen LogP contribution >= 0.6 is 0 Å². The molecule has 6 heteroatoms. The molecule has 1 saturated heterocycles. The minimum atomic E-state index is -0.782. The Kier molecular flexibility index (Phi) is 8.45. The minimum Gasteiger partial charge on any atom is -0.400 e. The molecule has 1 aromatic carbocycles. The Hall–Kier alpha value is -2.05. The van der Waals surface area contributed by atoms with Gasteiger partial charge >= 0.3 is 0 Å². The van der Waals surface area contributed by atoms with Gasteiger partial charge in [0.15, 0.2) is 17.1 Å². The summed E-state index contributed by atoms with van der Waals surface area (Å²) in [6, 6.07) is 7.34. The fourth-order valence-corrected chi connectivity index (χ4v) is 2.52. The number of ether oxygens (including phenoxy) is 1. The Labute approximate surface area is 146 Å². The zero-order valence-electron chi connectivity index (χ0n) is 15.0. The molecule has 0 aliphatic carbocycles. The number of rotatable bonds is 1. The molecule has 138 valence electrons. The summed E-state index contributed by atoms with van der Waals surface area (Å²) in [4.78, 5) is 14.5. The first-order valence-electron chi connectivity index (χ1n) is 8.08. The van der Waals surface area contributed by atoms with Gasteiger partial charge in [0, 0.05) is 30.6 Å². The molecular weight excluding hydrogens is 328 g/mol. The molecule has 4 nitrogen and oxygen atoms in total. The van der Waals surface area contributed by atoms with Crippen molar-refractivity contribution >= 4 is 0 Å². The zero-order chi connectivity index (χ0) is 19.0. The lowest BCUT2D eigenvalue weighted by atomic mass is 10.1. The van der Waals surface area contributed by atoms with Crippen LogP contribution in [0.2, 0.25) is 0 Å². The lowest BCUT2D eigenvalue weighted by molar-refractivity contribution is 0.0529. The summed E-state index contributed by atoms with van der Waals surface area (Å²) in [5, 5.41) is 7.00. The molecular formula is C19H25F2NO3. The van der Waals surface area contributed by atoms with Gasteiger partial charge < -0.3 is 14.8 Å². The molecule has 0 saturated carbocycles. The van der Waals surface area contributed by atoms with E-state index in [2.05, 4.69) is 11.9 Å². The van der Waals surface area contributed by atoms with Crippen LogP contribution in [0, 0.1) is 25.5 Å². The van der Waals surface area contributed by atoms with Gasteiger partial charge in [-0.15, -0.1) is 0 Å². The first kappa shape index (κ1) is 21.0. The number of benzene rings is 1. The Bertz CT molecular complexity index is 711. The summed E-state index contributed by atoms with van der Waals surface area (Å²) in [6.45, 7) is 5.48. The smallest absolute Gasteiger partial charge is 0.182 e. The van der Waals surface area contributed by atoms with Crippen LogP contribution in [0.4, 0.5) is 8.78 Å². The molecule has 0 radical (unpaired) electrons. The van der Waals surface area contributed by atoms with Gasteiger partial charge in [-0.05, 0) is 45.2 Å². The van der Waals surface area contributed by atoms with E-state index in [0.717, 1.165) is 37.4 Å². The van der Waals surface area contributed by atoms with E-state index < -0.39 is 11.6 Å². The first-order chi connectivity index (χ1) is 11.9. The third kappa shape index (κ3) is 6.40. The van der Waals surface area contributed by atoms with Crippen LogP contribution < -0.4 is 5.43 Å². The maximum absolute atomic E-state index is 12.4. The molecule has 2 heterocycles. The van der Waals surface area contributed by atoms with Gasteiger partial charge in [-0.25, -0.2) is 8.78 Å². The van der Waals surface area contributed by atoms with Crippen LogP contribution in [0.1, 0.15) is 42.8 Å². The van der Waals surface area contributed by atoms with Crippen molar-refractivity contribution in [1.29, 1.82) is 0 Å². The number of nitrogens with one attached hydrogen (secondary N) is 1. The number of hydrogen-bond donors (Lipinski definition) is 2. The van der Waals surface area contributed by atoms with Gasteiger partial charge in [-0.3, -0.25) is 4.79 Å². The highest BCUT2D eigenvalue weighted by molar-refractivity contribution is 5.16. The summed E-state index contributed by atoms with van der Waals surface area (Å²) in [5.41, 5.74) is 2.21. The lowest BCUT2D eigenvalue weighted by Gasteiger charge is -2.11. The Morgan fingerprint density at radius 2 is 1.84 bits per heavy atom. The number of halogens is 2. The van der Waals surface area contributed by atoms with Gasteiger partial charge in [0.2, 0.25) is 0 Å². The third-order valence-electron chi connectivity index (χ3n) is 3.72. The minimum absolute atomic E-state index is 0.0550. The average molecular weight is 353 g/mol. The van der Waals surface area contributed by atoms with Gasteiger partial charge in [0.1, 0.15) is 0 Å². The predicted molar refractivity (Wildman–Crippen MR) is 93.6 cm³/mol. The highest BCUT2D eigenvalue weighted by Gasteiger charge is 2.23. The normalized spacial score (nSPS) is 18.7. The fourth-order valence-electron chi connectivity index (χ4n) is 2.52. The van der Waals surface area contributed by atoms with E-state index >= 15 is 0 Å². The summed E-state index contributed by atoms with van der Waals surface area (Å²) in [5.74, 6) is -1.53. The van der Waals surface area contributed by atoms with Crippen LogP contribution in [-0.4, -0.2) is 23.3 Å². The van der Waals surface area contributed by atoms with Crippen molar-refractivity contribution in [1.82, 2.24) is 4.98 Å². The number of aliphatic hydroxyl groups is 1. The summed E-state index contributed by atoms with van der Waals surface area (Å²) < 4.78 is 30.2. The molecule has 0 spiro atoms. The van der Waals surface area contributed by atoms with E-state index in [1.807, 2.05) is 6.92 Å². The average Bonchev–Trinajstić information content (AvgIpc) is 3.01. The van der Waals surface area contributed by atoms with Crippen LogP contribution in [0.5, 0.6) is 0 Å². The molecule has 1 aliphatic rings. The van der Waals surface area contributed by atoms with E-state index in [-0.39, 0.29) is 11.5 Å². The van der Waals surface area contributed by atoms with Gasteiger partial charge in [-0.2, -0.15) is 0 Å². The number of aromatic amines is 1. The quantitative estimate of drug-likeness (QED) is 0.820. The highest BCUT2D eigenvalue weighted by Crippen LogP contribution is 2.30. The Morgan fingerprint density at radius 1 is 1.16 bits per heavy atom. The summed E-state index contributed by atoms with van der Waals surface area (Å²) in [7, 11) is 1.00. The van der Waals surface area contributed by atoms with Crippen molar-refractivity contribution in [2.45, 2.75) is 45.8 Å². The second kappa shape index (κ2) is 10.1.